The van der Waals surface area contributed by atoms with E-state index in [2.05, 4.69) is 10.3 Å². The van der Waals surface area contributed by atoms with Crippen LogP contribution in [0.4, 0.5) is 0 Å². The lowest BCUT2D eigenvalue weighted by Gasteiger charge is -2.06. The first-order valence-electron chi connectivity index (χ1n) is 7.21. The van der Waals surface area contributed by atoms with E-state index in [1.807, 2.05) is 44.2 Å². The van der Waals surface area contributed by atoms with E-state index in [4.69, 9.17) is 0 Å². The minimum absolute atomic E-state index is 0.00962. The van der Waals surface area contributed by atoms with Gasteiger partial charge in [-0.2, -0.15) is 0 Å². The number of hydrogen-bond acceptors (Lipinski definition) is 4. The fourth-order valence-corrected chi connectivity index (χ4v) is 3.79. The lowest BCUT2D eigenvalue weighted by molar-refractivity contribution is 0.591. The molecular formula is C17H17N3O2S. The Kier molecular flexibility index (Phi) is 3.77. The molecule has 2 aromatic carbocycles. The average molecular weight is 327 g/mol. The topological polar surface area (TPSA) is 64.8 Å². The minimum Gasteiger partial charge on any atom is -0.217 e. The van der Waals surface area contributed by atoms with Crippen molar-refractivity contribution >= 4 is 9.84 Å². The van der Waals surface area contributed by atoms with Crippen LogP contribution in [0.1, 0.15) is 16.8 Å². The summed E-state index contributed by atoms with van der Waals surface area (Å²) in [4.78, 5) is 0.240. The number of benzene rings is 2. The minimum atomic E-state index is -3.69. The van der Waals surface area contributed by atoms with Crippen LogP contribution in [-0.4, -0.2) is 23.4 Å². The number of sulfone groups is 1. The summed E-state index contributed by atoms with van der Waals surface area (Å²) >= 11 is 0. The first-order valence-corrected chi connectivity index (χ1v) is 8.69. The molecule has 0 unspecified atom stereocenters. The van der Waals surface area contributed by atoms with Gasteiger partial charge < -0.3 is 0 Å². The van der Waals surface area contributed by atoms with E-state index in [-0.39, 0.29) is 9.92 Å². The van der Waals surface area contributed by atoms with Gasteiger partial charge in [-0.15, -0.1) is 5.10 Å². The van der Waals surface area contributed by atoms with Gasteiger partial charge in [0.05, 0.1) is 16.3 Å². The second-order valence-corrected chi connectivity index (χ2v) is 7.34. The van der Waals surface area contributed by atoms with Crippen molar-refractivity contribution in [3.63, 3.8) is 0 Å². The first-order chi connectivity index (χ1) is 10.9. The number of para-hydroxylation sites is 1. The summed E-state index contributed by atoms with van der Waals surface area (Å²) in [5, 5.41) is 7.91. The molecule has 0 saturated heterocycles. The van der Waals surface area contributed by atoms with Crippen molar-refractivity contribution in [1.29, 1.82) is 0 Å². The predicted octanol–water partition coefficient (Wildman–Crippen LogP) is 3.03. The molecule has 0 aliphatic rings. The standard InChI is InChI=1S/C17H17N3O2S/c1-12-9-10-16(11-13(12)2)23(21,22)17-14(3)20(19-18-17)15-7-5-4-6-8-15/h4-11H,1-3H3. The molecule has 0 saturated carbocycles. The molecule has 3 rings (SSSR count). The fraction of sp³-hybridized carbons (Fsp3) is 0.176. The van der Waals surface area contributed by atoms with Gasteiger partial charge in [-0.05, 0) is 56.2 Å². The highest BCUT2D eigenvalue weighted by atomic mass is 32.2. The molecule has 6 heteroatoms. The van der Waals surface area contributed by atoms with Crippen molar-refractivity contribution in [2.45, 2.75) is 30.7 Å². The Morgan fingerprint density at radius 1 is 0.913 bits per heavy atom. The lowest BCUT2D eigenvalue weighted by atomic mass is 10.1. The Hall–Kier alpha value is -2.47. The number of aryl methyl sites for hydroxylation is 2. The van der Waals surface area contributed by atoms with Crippen LogP contribution in [0, 0.1) is 20.8 Å². The third kappa shape index (κ3) is 2.66. The molecule has 0 atom stereocenters. The largest absolute Gasteiger partial charge is 0.227 e. The molecule has 0 bridgehead atoms. The van der Waals surface area contributed by atoms with E-state index < -0.39 is 9.84 Å². The molecule has 118 valence electrons. The van der Waals surface area contributed by atoms with Gasteiger partial charge in [0.1, 0.15) is 0 Å². The van der Waals surface area contributed by atoms with Crippen LogP contribution in [0.5, 0.6) is 0 Å². The molecule has 23 heavy (non-hydrogen) atoms. The second-order valence-electron chi connectivity index (χ2n) is 5.48. The highest BCUT2D eigenvalue weighted by Crippen LogP contribution is 2.24. The Balaban J connectivity index is 2.11. The number of hydrogen-bond donors (Lipinski definition) is 0. The molecule has 0 amide bonds. The predicted molar refractivity (Wildman–Crippen MR) is 87.5 cm³/mol. The van der Waals surface area contributed by atoms with E-state index in [1.54, 1.807) is 25.1 Å². The van der Waals surface area contributed by atoms with Gasteiger partial charge in [-0.1, -0.05) is 29.5 Å². The zero-order valence-corrected chi connectivity index (χ0v) is 14.0. The van der Waals surface area contributed by atoms with Crippen molar-refractivity contribution < 1.29 is 8.42 Å². The van der Waals surface area contributed by atoms with Gasteiger partial charge >= 0.3 is 0 Å². The summed E-state index contributed by atoms with van der Waals surface area (Å²) < 4.78 is 27.2. The van der Waals surface area contributed by atoms with Gasteiger partial charge in [0.15, 0.2) is 0 Å². The van der Waals surface area contributed by atoms with Crippen LogP contribution in [-0.2, 0) is 9.84 Å². The summed E-state index contributed by atoms with van der Waals surface area (Å²) in [5.41, 5.74) is 3.25. The van der Waals surface area contributed by atoms with Gasteiger partial charge in [0.2, 0.25) is 14.9 Å². The Labute approximate surface area is 135 Å². The number of rotatable bonds is 3. The Bertz CT molecular complexity index is 961. The van der Waals surface area contributed by atoms with Crippen molar-refractivity contribution in [3.8, 4) is 5.69 Å². The van der Waals surface area contributed by atoms with Crippen molar-refractivity contribution in [1.82, 2.24) is 15.0 Å². The highest BCUT2D eigenvalue weighted by molar-refractivity contribution is 7.91. The zero-order chi connectivity index (χ0) is 16.6. The number of nitrogens with zero attached hydrogens (tertiary/aromatic N) is 3. The molecule has 3 aromatic rings. The van der Waals surface area contributed by atoms with Crippen LogP contribution in [0.3, 0.4) is 0 Å². The first kappa shape index (κ1) is 15.4. The van der Waals surface area contributed by atoms with Gasteiger partial charge in [-0.3, -0.25) is 0 Å². The van der Waals surface area contributed by atoms with Gasteiger partial charge in [-0.25, -0.2) is 13.1 Å². The summed E-state index contributed by atoms with van der Waals surface area (Å²) in [7, 11) is -3.69. The summed E-state index contributed by atoms with van der Waals surface area (Å²) in [6.45, 7) is 5.55. The van der Waals surface area contributed by atoms with Crippen LogP contribution >= 0.6 is 0 Å². The quantitative estimate of drug-likeness (QED) is 0.742. The monoisotopic (exact) mass is 327 g/mol. The normalized spacial score (nSPS) is 11.6. The third-order valence-electron chi connectivity index (χ3n) is 3.90. The lowest BCUT2D eigenvalue weighted by Crippen LogP contribution is -2.06. The maximum Gasteiger partial charge on any atom is 0.227 e. The van der Waals surface area contributed by atoms with Crippen LogP contribution in [0.25, 0.3) is 5.69 Å². The number of aromatic nitrogens is 3. The second kappa shape index (κ2) is 5.62. The summed E-state index contributed by atoms with van der Waals surface area (Å²) in [6.07, 6.45) is 0. The van der Waals surface area contributed by atoms with E-state index >= 15 is 0 Å². The molecule has 0 N–H and O–H groups in total. The average Bonchev–Trinajstić information content (AvgIpc) is 2.93. The molecule has 1 aromatic heterocycles. The van der Waals surface area contributed by atoms with Crippen LogP contribution in [0.2, 0.25) is 0 Å². The van der Waals surface area contributed by atoms with Crippen molar-refractivity contribution in [2.75, 3.05) is 0 Å². The third-order valence-corrected chi connectivity index (χ3v) is 5.66. The van der Waals surface area contributed by atoms with Gasteiger partial charge in [0, 0.05) is 0 Å². The molecule has 0 spiro atoms. The molecule has 0 aliphatic heterocycles. The van der Waals surface area contributed by atoms with Crippen LogP contribution in [0.15, 0.2) is 58.5 Å². The Morgan fingerprint density at radius 3 is 2.26 bits per heavy atom. The molecule has 0 aliphatic carbocycles. The molecular weight excluding hydrogens is 310 g/mol. The summed E-state index contributed by atoms with van der Waals surface area (Å²) in [6, 6.07) is 14.4. The van der Waals surface area contributed by atoms with E-state index in [0.717, 1.165) is 16.8 Å². The highest BCUT2D eigenvalue weighted by Gasteiger charge is 2.26. The maximum atomic E-state index is 12.8. The van der Waals surface area contributed by atoms with Crippen molar-refractivity contribution in [2.24, 2.45) is 0 Å². The van der Waals surface area contributed by atoms with Crippen molar-refractivity contribution in [3.05, 3.63) is 65.4 Å². The van der Waals surface area contributed by atoms with Crippen LogP contribution < -0.4 is 0 Å². The Morgan fingerprint density at radius 2 is 1.61 bits per heavy atom. The fourth-order valence-electron chi connectivity index (χ4n) is 2.37. The smallest absolute Gasteiger partial charge is 0.217 e. The van der Waals surface area contributed by atoms with Gasteiger partial charge in [0.25, 0.3) is 0 Å². The van der Waals surface area contributed by atoms with E-state index in [9.17, 15) is 8.42 Å². The molecule has 1 heterocycles. The maximum absolute atomic E-state index is 12.8. The zero-order valence-electron chi connectivity index (χ0n) is 13.2. The molecule has 0 fully saturated rings. The summed E-state index contributed by atoms with van der Waals surface area (Å²) in [5.74, 6) is 0. The van der Waals surface area contributed by atoms with E-state index in [0.29, 0.717) is 5.69 Å². The SMILES string of the molecule is Cc1ccc(S(=O)(=O)c2nnn(-c3ccccc3)c2C)cc1C. The molecule has 0 radical (unpaired) electrons. The molecule has 5 nitrogen and oxygen atoms in total. The van der Waals surface area contributed by atoms with E-state index in [1.165, 1.54) is 4.68 Å².